The molecule has 0 bridgehead atoms. The van der Waals surface area contributed by atoms with Crippen LogP contribution in [0.1, 0.15) is 98.3 Å². The largest absolute Gasteiger partial charge is 0.415 e. The van der Waals surface area contributed by atoms with Gasteiger partial charge in [0.2, 0.25) is 0 Å². The van der Waals surface area contributed by atoms with Gasteiger partial charge in [0.1, 0.15) is 0 Å². The zero-order valence-electron chi connectivity index (χ0n) is 16.3. The monoisotopic (exact) mass is 316 g/mol. The first-order valence-electron chi connectivity index (χ1n) is 9.58. The maximum Gasteiger partial charge on any atom is 0.184 e. The fourth-order valence-electron chi connectivity index (χ4n) is 2.44. The number of hydrogen-bond donors (Lipinski definition) is 0. The second-order valence-electron chi connectivity index (χ2n) is 7.20. The Morgan fingerprint density at radius 3 is 1.29 bits per heavy atom. The average Bonchev–Trinajstić information content (AvgIpc) is 2.38. The van der Waals surface area contributed by atoms with Crippen molar-refractivity contribution >= 4 is 8.32 Å². The van der Waals surface area contributed by atoms with E-state index in [4.69, 9.17) is 4.43 Å². The lowest BCUT2D eigenvalue weighted by molar-refractivity contribution is 0.171. The molecule has 0 aliphatic carbocycles. The summed E-state index contributed by atoms with van der Waals surface area (Å²) in [5.41, 5.74) is 0. The summed E-state index contributed by atoms with van der Waals surface area (Å²) in [7, 11) is -1.29. The van der Waals surface area contributed by atoms with E-state index in [0.29, 0.717) is 6.10 Å². The zero-order chi connectivity index (χ0) is 16.6. The highest BCUT2D eigenvalue weighted by Gasteiger charge is 2.19. The van der Waals surface area contributed by atoms with E-state index in [-0.39, 0.29) is 0 Å². The van der Waals surface area contributed by atoms with Crippen molar-refractivity contribution in [3.8, 4) is 0 Å². The van der Waals surface area contributed by atoms with Crippen molar-refractivity contribution in [2.75, 3.05) is 0 Å². The van der Waals surface area contributed by atoms with Gasteiger partial charge in [-0.15, -0.1) is 0 Å². The summed E-state index contributed by atoms with van der Waals surface area (Å²) in [5.74, 6) is 0. The van der Waals surface area contributed by atoms with E-state index < -0.39 is 8.32 Å². The minimum Gasteiger partial charge on any atom is -0.415 e. The van der Waals surface area contributed by atoms with Crippen LogP contribution in [0.25, 0.3) is 0 Å². The van der Waals surface area contributed by atoms with Crippen LogP contribution in [0.2, 0.25) is 19.6 Å². The molecule has 130 valence electrons. The molecule has 2 heteroatoms. The smallest absolute Gasteiger partial charge is 0.184 e. The number of hydrogen-bond acceptors (Lipinski definition) is 1. The van der Waals surface area contributed by atoms with Crippen molar-refractivity contribution in [1.82, 2.24) is 0 Å². The molecule has 0 spiro atoms. The molecule has 0 aromatic heterocycles. The van der Waals surface area contributed by atoms with Crippen LogP contribution in [0.5, 0.6) is 0 Å². The van der Waals surface area contributed by atoms with Crippen molar-refractivity contribution in [3.05, 3.63) is 0 Å². The minimum atomic E-state index is -1.29. The first-order chi connectivity index (χ1) is 9.91. The maximum absolute atomic E-state index is 6.06. The second-order valence-corrected chi connectivity index (χ2v) is 11.7. The van der Waals surface area contributed by atoms with Crippen LogP contribution in [-0.4, -0.2) is 14.4 Å². The van der Waals surface area contributed by atoms with Crippen molar-refractivity contribution in [1.29, 1.82) is 0 Å². The van der Waals surface area contributed by atoms with E-state index in [2.05, 4.69) is 47.3 Å². The van der Waals surface area contributed by atoms with E-state index in [1.807, 2.05) is 0 Å². The minimum absolute atomic E-state index is 0.534. The summed E-state index contributed by atoms with van der Waals surface area (Å²) < 4.78 is 6.06. The summed E-state index contributed by atoms with van der Waals surface area (Å²) in [6.45, 7) is 15.8. The first-order valence-corrected chi connectivity index (χ1v) is 13.0. The molecule has 0 N–H and O–H groups in total. The van der Waals surface area contributed by atoms with Gasteiger partial charge in [-0.25, -0.2) is 0 Å². The van der Waals surface area contributed by atoms with Crippen LogP contribution in [0.3, 0.4) is 0 Å². The number of rotatable bonds is 12. The fraction of sp³-hybridized carbons (Fsp3) is 1.00. The predicted octanol–water partition coefficient (Wildman–Crippen LogP) is 7.56. The molecule has 1 nitrogen and oxygen atoms in total. The van der Waals surface area contributed by atoms with Crippen LogP contribution in [0, 0.1) is 0 Å². The Labute approximate surface area is 137 Å². The lowest BCUT2D eigenvalue weighted by Crippen LogP contribution is -2.31. The van der Waals surface area contributed by atoms with Gasteiger partial charge in [-0.05, 0) is 32.5 Å². The Bertz CT molecular complexity index is 174. The van der Waals surface area contributed by atoms with Crippen LogP contribution in [0.4, 0.5) is 0 Å². The molecule has 0 heterocycles. The third-order valence-corrected chi connectivity index (χ3v) is 4.49. The molecule has 21 heavy (non-hydrogen) atoms. The Kier molecular flexibility index (Phi) is 18.5. The molecule has 0 rings (SSSR count). The lowest BCUT2D eigenvalue weighted by Gasteiger charge is -2.25. The number of unbranched alkanes of at least 4 members (excludes halogenated alkanes) is 6. The Morgan fingerprint density at radius 1 is 0.619 bits per heavy atom. The van der Waals surface area contributed by atoms with Gasteiger partial charge in [-0.2, -0.15) is 0 Å². The molecular formula is C19H44OSi. The molecule has 0 aliphatic rings. The van der Waals surface area contributed by atoms with E-state index in [1.54, 1.807) is 0 Å². The summed E-state index contributed by atoms with van der Waals surface area (Å²) in [6.07, 6.45) is 15.5. The highest BCUT2D eigenvalue weighted by atomic mass is 28.4. The van der Waals surface area contributed by atoms with Crippen molar-refractivity contribution in [2.45, 2.75) is 124 Å². The fourth-order valence-corrected chi connectivity index (χ4v) is 3.67. The normalized spacial score (nSPS) is 11.4. The third kappa shape index (κ3) is 22.6. The van der Waals surface area contributed by atoms with Crippen LogP contribution in [-0.2, 0) is 4.43 Å². The van der Waals surface area contributed by atoms with Crippen molar-refractivity contribution < 1.29 is 4.43 Å². The van der Waals surface area contributed by atoms with Crippen LogP contribution < -0.4 is 0 Å². The quantitative estimate of drug-likeness (QED) is 0.266. The molecule has 0 aliphatic heterocycles. The predicted molar refractivity (Wildman–Crippen MR) is 102 cm³/mol. The SMILES string of the molecule is CCCC(CCC)O[Si](C)(C)C.CCCCCCCCC. The van der Waals surface area contributed by atoms with Crippen LogP contribution >= 0.6 is 0 Å². The second kappa shape index (κ2) is 16.5. The highest BCUT2D eigenvalue weighted by Crippen LogP contribution is 2.15. The van der Waals surface area contributed by atoms with Gasteiger partial charge in [0.25, 0.3) is 0 Å². The summed E-state index contributed by atoms with van der Waals surface area (Å²) in [4.78, 5) is 0. The highest BCUT2D eigenvalue weighted by molar-refractivity contribution is 6.69. The van der Waals surface area contributed by atoms with Gasteiger partial charge < -0.3 is 4.43 Å². The van der Waals surface area contributed by atoms with E-state index >= 15 is 0 Å². The molecule has 0 atom stereocenters. The standard InChI is InChI=1S/C10H24OSi.C9H20/c1-6-8-10(9-7-2)11-12(3,4)5;1-3-5-7-9-8-6-4-2/h10H,6-9H2,1-5H3;3-9H2,1-2H3. The van der Waals surface area contributed by atoms with Gasteiger partial charge in [0.15, 0.2) is 8.32 Å². The average molecular weight is 317 g/mol. The Morgan fingerprint density at radius 2 is 1.00 bits per heavy atom. The van der Waals surface area contributed by atoms with E-state index in [0.717, 1.165) is 0 Å². The van der Waals surface area contributed by atoms with Gasteiger partial charge >= 0.3 is 0 Å². The molecule has 0 fully saturated rings. The van der Waals surface area contributed by atoms with E-state index in [1.165, 1.54) is 70.6 Å². The van der Waals surface area contributed by atoms with E-state index in [9.17, 15) is 0 Å². The maximum atomic E-state index is 6.06. The van der Waals surface area contributed by atoms with Gasteiger partial charge in [0.05, 0.1) is 0 Å². The van der Waals surface area contributed by atoms with Crippen molar-refractivity contribution in [3.63, 3.8) is 0 Å². The Hall–Kier alpha value is 0.177. The van der Waals surface area contributed by atoms with Crippen LogP contribution in [0.15, 0.2) is 0 Å². The topological polar surface area (TPSA) is 9.23 Å². The molecule has 0 unspecified atom stereocenters. The molecule has 0 amide bonds. The molecular weight excluding hydrogens is 272 g/mol. The summed E-state index contributed by atoms with van der Waals surface area (Å²) >= 11 is 0. The summed E-state index contributed by atoms with van der Waals surface area (Å²) in [5, 5.41) is 0. The van der Waals surface area contributed by atoms with Gasteiger partial charge in [0, 0.05) is 6.10 Å². The molecule has 0 saturated heterocycles. The van der Waals surface area contributed by atoms with Crippen molar-refractivity contribution in [2.24, 2.45) is 0 Å². The first kappa shape index (κ1) is 23.4. The summed E-state index contributed by atoms with van der Waals surface area (Å²) in [6, 6.07) is 0. The molecule has 0 radical (unpaired) electrons. The molecule has 0 aromatic carbocycles. The van der Waals surface area contributed by atoms with Gasteiger partial charge in [-0.3, -0.25) is 0 Å². The zero-order valence-corrected chi connectivity index (χ0v) is 17.3. The molecule has 0 saturated carbocycles. The third-order valence-electron chi connectivity index (χ3n) is 3.45. The molecule has 0 aromatic rings. The Balaban J connectivity index is 0. The lowest BCUT2D eigenvalue weighted by atomic mass is 10.1. The van der Waals surface area contributed by atoms with Gasteiger partial charge in [-0.1, -0.05) is 85.5 Å².